The monoisotopic (exact) mass is 234 g/mol. The standard InChI is InChI=1S/C10H13Cl2P/c11-13(12)9-5-4-8-10-6-2-1-3-7-10/h1-3,6-7H,4-5,8-9H2. The van der Waals surface area contributed by atoms with Crippen molar-refractivity contribution in [3.63, 3.8) is 0 Å². The maximum Gasteiger partial charge on any atom is 0.0854 e. The Morgan fingerprint density at radius 1 is 1.00 bits per heavy atom. The summed E-state index contributed by atoms with van der Waals surface area (Å²) in [7, 11) is 0. The fraction of sp³-hybridized carbons (Fsp3) is 0.400. The molecule has 0 fully saturated rings. The van der Waals surface area contributed by atoms with Crippen molar-refractivity contribution in [2.45, 2.75) is 19.3 Å². The molecule has 72 valence electrons. The van der Waals surface area contributed by atoms with Gasteiger partial charge in [-0.15, -0.1) is 0 Å². The van der Waals surface area contributed by atoms with Crippen molar-refractivity contribution in [2.75, 3.05) is 6.16 Å². The first-order valence-electron chi connectivity index (χ1n) is 4.42. The molecular formula is C10H13Cl2P. The van der Waals surface area contributed by atoms with E-state index in [4.69, 9.17) is 22.5 Å². The molecule has 3 heteroatoms. The molecular weight excluding hydrogens is 222 g/mol. The predicted octanol–water partition coefficient (Wildman–Crippen LogP) is 4.80. The first-order valence-corrected chi connectivity index (χ1v) is 7.76. The van der Waals surface area contributed by atoms with Crippen LogP contribution in [0.15, 0.2) is 30.3 Å². The van der Waals surface area contributed by atoms with E-state index in [1.165, 1.54) is 12.0 Å². The van der Waals surface area contributed by atoms with Gasteiger partial charge >= 0.3 is 0 Å². The van der Waals surface area contributed by atoms with Crippen molar-refractivity contribution in [1.29, 1.82) is 0 Å². The van der Waals surface area contributed by atoms with E-state index in [1.54, 1.807) is 0 Å². The summed E-state index contributed by atoms with van der Waals surface area (Å²) in [6.07, 6.45) is 4.42. The van der Waals surface area contributed by atoms with Gasteiger partial charge in [-0.05, 0) is 31.0 Å². The second-order valence-electron chi connectivity index (χ2n) is 2.97. The minimum absolute atomic E-state index is 0.737. The van der Waals surface area contributed by atoms with Gasteiger partial charge in [-0.2, -0.15) is 0 Å². The van der Waals surface area contributed by atoms with Crippen molar-refractivity contribution in [1.82, 2.24) is 0 Å². The Bertz CT molecular complexity index is 224. The second kappa shape index (κ2) is 6.65. The van der Waals surface area contributed by atoms with E-state index in [2.05, 4.69) is 24.3 Å². The third-order valence-electron chi connectivity index (χ3n) is 1.89. The zero-order valence-corrected chi connectivity index (χ0v) is 9.82. The zero-order chi connectivity index (χ0) is 9.52. The fourth-order valence-electron chi connectivity index (χ4n) is 1.21. The lowest BCUT2D eigenvalue weighted by atomic mass is 10.1. The van der Waals surface area contributed by atoms with Crippen LogP contribution in [0.5, 0.6) is 0 Å². The summed E-state index contributed by atoms with van der Waals surface area (Å²) in [4.78, 5) is 0. The highest BCUT2D eigenvalue weighted by atomic mass is 35.9. The Kier molecular flexibility index (Phi) is 5.78. The van der Waals surface area contributed by atoms with Crippen LogP contribution in [0.4, 0.5) is 0 Å². The van der Waals surface area contributed by atoms with E-state index in [0.29, 0.717) is 0 Å². The molecule has 0 N–H and O–H groups in total. The third-order valence-corrected chi connectivity index (χ3v) is 3.55. The van der Waals surface area contributed by atoms with Crippen LogP contribution in [0.1, 0.15) is 18.4 Å². The average molecular weight is 235 g/mol. The molecule has 1 aromatic rings. The zero-order valence-electron chi connectivity index (χ0n) is 7.42. The summed E-state index contributed by atoms with van der Waals surface area (Å²) < 4.78 is 0. The molecule has 1 aromatic carbocycles. The normalized spacial score (nSPS) is 10.7. The third kappa shape index (κ3) is 5.52. The van der Waals surface area contributed by atoms with E-state index in [9.17, 15) is 0 Å². The van der Waals surface area contributed by atoms with Crippen molar-refractivity contribution in [3.8, 4) is 0 Å². The summed E-state index contributed by atoms with van der Waals surface area (Å²) in [5, 5.41) is 0. The van der Waals surface area contributed by atoms with Crippen molar-refractivity contribution in [2.24, 2.45) is 0 Å². The quantitative estimate of drug-likeness (QED) is 0.508. The van der Waals surface area contributed by atoms with Gasteiger partial charge in [0.25, 0.3) is 0 Å². The molecule has 0 aliphatic rings. The van der Waals surface area contributed by atoms with E-state index in [-0.39, 0.29) is 0 Å². The van der Waals surface area contributed by atoms with Crippen LogP contribution in [0.2, 0.25) is 0 Å². The molecule has 0 unspecified atom stereocenters. The van der Waals surface area contributed by atoms with Gasteiger partial charge in [0.2, 0.25) is 0 Å². The summed E-state index contributed by atoms with van der Waals surface area (Å²) in [5.74, 6) is 0. The molecule has 0 aliphatic heterocycles. The maximum atomic E-state index is 5.69. The highest BCUT2D eigenvalue weighted by Crippen LogP contribution is 2.47. The summed E-state index contributed by atoms with van der Waals surface area (Å²) >= 11 is 11.4. The van der Waals surface area contributed by atoms with Gasteiger partial charge in [0.1, 0.15) is 0 Å². The lowest BCUT2D eigenvalue weighted by molar-refractivity contribution is 0.802. The number of benzene rings is 1. The van der Waals surface area contributed by atoms with Crippen LogP contribution in [0.3, 0.4) is 0 Å². The van der Waals surface area contributed by atoms with Gasteiger partial charge in [-0.1, -0.05) is 52.8 Å². The molecule has 0 saturated carbocycles. The van der Waals surface area contributed by atoms with E-state index >= 15 is 0 Å². The van der Waals surface area contributed by atoms with Gasteiger partial charge < -0.3 is 0 Å². The first-order chi connectivity index (χ1) is 6.29. The van der Waals surface area contributed by atoms with Crippen LogP contribution in [0.25, 0.3) is 0 Å². The fourth-order valence-corrected chi connectivity index (χ4v) is 2.38. The number of aryl methyl sites for hydroxylation is 1. The van der Waals surface area contributed by atoms with Crippen molar-refractivity contribution >= 4 is 29.1 Å². The number of unbranched alkanes of at least 4 members (excludes halogenated alkanes) is 1. The molecule has 0 bridgehead atoms. The topological polar surface area (TPSA) is 0 Å². The van der Waals surface area contributed by atoms with Crippen LogP contribution in [-0.4, -0.2) is 6.16 Å². The van der Waals surface area contributed by atoms with E-state index in [1.807, 2.05) is 6.07 Å². The molecule has 1 rings (SSSR count). The highest BCUT2D eigenvalue weighted by molar-refractivity contribution is 8.03. The van der Waals surface area contributed by atoms with Crippen LogP contribution < -0.4 is 0 Å². The number of rotatable bonds is 5. The minimum Gasteiger partial charge on any atom is -0.0781 e. The average Bonchev–Trinajstić information content (AvgIpc) is 2.14. The van der Waals surface area contributed by atoms with Gasteiger partial charge in [-0.25, -0.2) is 0 Å². The number of halogens is 2. The smallest absolute Gasteiger partial charge is 0.0781 e. The van der Waals surface area contributed by atoms with Crippen LogP contribution in [0, 0.1) is 0 Å². The molecule has 0 amide bonds. The van der Waals surface area contributed by atoms with Gasteiger partial charge in [0, 0.05) is 0 Å². The predicted molar refractivity (Wildman–Crippen MR) is 62.9 cm³/mol. The SMILES string of the molecule is ClP(Cl)CCCCc1ccccc1. The van der Waals surface area contributed by atoms with E-state index < -0.39 is 6.63 Å². The molecule has 0 nitrogen and oxygen atoms in total. The van der Waals surface area contributed by atoms with Crippen LogP contribution in [-0.2, 0) is 6.42 Å². The largest absolute Gasteiger partial charge is 0.0854 e. The molecule has 0 radical (unpaired) electrons. The molecule has 0 saturated heterocycles. The summed E-state index contributed by atoms with van der Waals surface area (Å²) in [6, 6.07) is 10.5. The molecule has 0 aliphatic carbocycles. The molecule has 0 spiro atoms. The van der Waals surface area contributed by atoms with Crippen LogP contribution >= 0.6 is 29.1 Å². The van der Waals surface area contributed by atoms with Gasteiger partial charge in [-0.3, -0.25) is 0 Å². The van der Waals surface area contributed by atoms with Gasteiger partial charge in [0.15, 0.2) is 0 Å². The highest BCUT2D eigenvalue weighted by Gasteiger charge is 1.98. The lowest BCUT2D eigenvalue weighted by Crippen LogP contribution is -1.85. The maximum absolute atomic E-state index is 5.69. The Morgan fingerprint density at radius 3 is 2.31 bits per heavy atom. The lowest BCUT2D eigenvalue weighted by Gasteiger charge is -2.01. The summed E-state index contributed by atoms with van der Waals surface area (Å²) in [6.45, 7) is -0.737. The number of hydrogen-bond acceptors (Lipinski definition) is 0. The Hall–Kier alpha value is 0.230. The first kappa shape index (κ1) is 11.3. The second-order valence-corrected chi connectivity index (χ2v) is 6.99. The Balaban J connectivity index is 2.13. The van der Waals surface area contributed by atoms with Gasteiger partial charge in [0.05, 0.1) is 6.63 Å². The molecule has 13 heavy (non-hydrogen) atoms. The summed E-state index contributed by atoms with van der Waals surface area (Å²) in [5.41, 5.74) is 1.40. The Morgan fingerprint density at radius 2 is 1.69 bits per heavy atom. The van der Waals surface area contributed by atoms with E-state index in [0.717, 1.165) is 19.0 Å². The molecule has 0 aromatic heterocycles. The van der Waals surface area contributed by atoms with Crippen molar-refractivity contribution < 1.29 is 0 Å². The molecule has 0 heterocycles. The minimum atomic E-state index is -0.737. The Labute approximate surface area is 90.6 Å². The number of hydrogen-bond donors (Lipinski definition) is 0. The molecule has 0 atom stereocenters. The van der Waals surface area contributed by atoms with Crippen molar-refractivity contribution in [3.05, 3.63) is 35.9 Å².